The second-order valence-corrected chi connectivity index (χ2v) is 13.0. The maximum Gasteiger partial charge on any atom is 0.301 e. The smallest absolute Gasteiger partial charge is 0.301 e. The van der Waals surface area contributed by atoms with Crippen molar-refractivity contribution in [3.8, 4) is 5.75 Å². The Balaban J connectivity index is 1.37. The fourth-order valence-corrected chi connectivity index (χ4v) is 7.30. The second-order valence-electron chi connectivity index (χ2n) is 10.9. The third-order valence-corrected chi connectivity index (χ3v) is 9.85. The summed E-state index contributed by atoms with van der Waals surface area (Å²) in [6.45, 7) is 4.49. The summed E-state index contributed by atoms with van der Waals surface area (Å²) < 4.78 is 22.3. The molecule has 1 aliphatic heterocycles. The van der Waals surface area contributed by atoms with E-state index in [1.165, 1.54) is 22.7 Å². The molecule has 1 aliphatic rings. The number of pyridine rings is 1. The van der Waals surface area contributed by atoms with Gasteiger partial charge in [-0.3, -0.25) is 18.9 Å². The number of Topliss-reactive ketones (excluding diaryl/α,β-unsaturated/α-hetero) is 1. The van der Waals surface area contributed by atoms with Crippen molar-refractivity contribution in [1.29, 1.82) is 0 Å². The lowest BCUT2D eigenvalue weighted by molar-refractivity contribution is -0.132. The zero-order valence-electron chi connectivity index (χ0n) is 25.4. The van der Waals surface area contributed by atoms with Gasteiger partial charge in [0.15, 0.2) is 10.1 Å². The maximum absolute atomic E-state index is 14.2. The van der Waals surface area contributed by atoms with Gasteiger partial charge in [0.2, 0.25) is 5.13 Å². The molecule has 5 aromatic rings. The van der Waals surface area contributed by atoms with Crippen LogP contribution in [0.3, 0.4) is 0 Å². The van der Waals surface area contributed by atoms with Crippen molar-refractivity contribution in [2.24, 2.45) is 0 Å². The third kappa shape index (κ3) is 6.27. The summed E-state index contributed by atoms with van der Waals surface area (Å²) in [5.41, 5.74) is 2.44. The summed E-state index contributed by atoms with van der Waals surface area (Å²) in [5, 5.41) is 20.5. The number of nitrogens with zero attached hydrogens (tertiary/aromatic N) is 5. The van der Waals surface area contributed by atoms with Gasteiger partial charge in [0.1, 0.15) is 22.9 Å². The number of fused-ring (bicyclic) bond motifs is 1. The number of unbranched alkanes of at least 4 members (excludes halogenated alkanes) is 3. The van der Waals surface area contributed by atoms with Crippen LogP contribution >= 0.6 is 23.1 Å². The topological polar surface area (TPSA) is 110 Å². The number of rotatable bonds is 12. The number of aryl methyl sites for hydroxylation is 1. The Bertz CT molecular complexity index is 1920. The molecule has 4 heterocycles. The highest BCUT2D eigenvalue weighted by Gasteiger charge is 2.49. The van der Waals surface area contributed by atoms with Crippen molar-refractivity contribution in [2.75, 3.05) is 11.5 Å². The van der Waals surface area contributed by atoms with E-state index in [1.54, 1.807) is 72.1 Å². The summed E-state index contributed by atoms with van der Waals surface area (Å²) in [6, 6.07) is 18.1. The lowest BCUT2D eigenvalue weighted by Crippen LogP contribution is -2.29. The molecule has 0 aliphatic carbocycles. The van der Waals surface area contributed by atoms with Gasteiger partial charge >= 0.3 is 5.91 Å². The van der Waals surface area contributed by atoms with E-state index < -0.39 is 17.7 Å². The predicted octanol–water partition coefficient (Wildman–Crippen LogP) is 7.51. The zero-order chi connectivity index (χ0) is 32.2. The molecular weight excluding hydrogens is 626 g/mol. The van der Waals surface area contributed by atoms with E-state index in [9.17, 15) is 19.1 Å². The number of carbonyl (C=O) groups excluding carboxylic acids is 2. The molecule has 0 bridgehead atoms. The Morgan fingerprint density at radius 3 is 2.59 bits per heavy atom. The van der Waals surface area contributed by atoms with Crippen LogP contribution in [-0.4, -0.2) is 43.0 Å². The summed E-state index contributed by atoms with van der Waals surface area (Å²) in [6.07, 6.45) is 6.08. The predicted molar refractivity (Wildman–Crippen MR) is 177 cm³/mol. The molecule has 1 amide bonds. The minimum absolute atomic E-state index is 0.0808. The molecule has 2 aromatic carbocycles. The van der Waals surface area contributed by atoms with Crippen molar-refractivity contribution in [2.45, 2.75) is 55.7 Å². The van der Waals surface area contributed by atoms with Crippen LogP contribution < -0.4 is 9.64 Å². The number of hydrogen-bond acceptors (Lipinski definition) is 9. The SMILES string of the molecule is CCCCCCOc1ccc(C2C(=C(O)c3c(C)nc4ccccn34)C(=O)C(=O)N2c2nnc(SCc3ccccc3F)s2)cc1. The highest BCUT2D eigenvalue weighted by atomic mass is 32.2. The molecule has 3 aromatic heterocycles. The van der Waals surface area contributed by atoms with Crippen LogP contribution in [-0.2, 0) is 15.3 Å². The van der Waals surface area contributed by atoms with Gasteiger partial charge in [0, 0.05) is 11.9 Å². The molecule has 12 heteroatoms. The Morgan fingerprint density at radius 2 is 1.80 bits per heavy atom. The summed E-state index contributed by atoms with van der Waals surface area (Å²) in [4.78, 5) is 33.3. The number of anilines is 1. The number of thioether (sulfide) groups is 1. The first kappa shape index (κ1) is 31.4. The van der Waals surface area contributed by atoms with Crippen LogP contribution in [0.2, 0.25) is 0 Å². The molecule has 236 valence electrons. The molecule has 46 heavy (non-hydrogen) atoms. The second kappa shape index (κ2) is 13.8. The molecule has 9 nitrogen and oxygen atoms in total. The van der Waals surface area contributed by atoms with E-state index in [2.05, 4.69) is 22.1 Å². The first-order valence-electron chi connectivity index (χ1n) is 15.0. The zero-order valence-corrected chi connectivity index (χ0v) is 27.0. The van der Waals surface area contributed by atoms with Gasteiger partial charge in [-0.2, -0.15) is 0 Å². The van der Waals surface area contributed by atoms with E-state index in [0.29, 0.717) is 50.6 Å². The Labute approximate surface area is 273 Å². The lowest BCUT2D eigenvalue weighted by atomic mass is 9.96. The molecule has 0 spiro atoms. The minimum atomic E-state index is -0.996. The number of hydrogen-bond donors (Lipinski definition) is 1. The van der Waals surface area contributed by atoms with Gasteiger partial charge in [-0.1, -0.05) is 85.7 Å². The van der Waals surface area contributed by atoms with Crippen LogP contribution in [0.25, 0.3) is 11.4 Å². The van der Waals surface area contributed by atoms with E-state index >= 15 is 0 Å². The van der Waals surface area contributed by atoms with Crippen LogP contribution in [0.1, 0.15) is 61.2 Å². The maximum atomic E-state index is 14.2. The molecular formula is C34H32FN5O4S2. The van der Waals surface area contributed by atoms with Gasteiger partial charge in [-0.05, 0) is 54.8 Å². The van der Waals surface area contributed by atoms with Crippen LogP contribution in [0.15, 0.2) is 82.8 Å². The first-order valence-corrected chi connectivity index (χ1v) is 16.8. The van der Waals surface area contributed by atoms with Crippen molar-refractivity contribution in [1.82, 2.24) is 19.6 Å². The van der Waals surface area contributed by atoms with Gasteiger partial charge in [-0.25, -0.2) is 9.37 Å². The molecule has 1 N–H and O–H groups in total. The fourth-order valence-electron chi connectivity index (χ4n) is 5.45. The number of ether oxygens (including phenoxy) is 1. The van der Waals surface area contributed by atoms with Crippen molar-refractivity contribution < 1.29 is 23.8 Å². The third-order valence-electron chi connectivity index (χ3n) is 7.75. The highest BCUT2D eigenvalue weighted by Crippen LogP contribution is 2.44. The molecule has 6 rings (SSSR count). The molecule has 1 fully saturated rings. The van der Waals surface area contributed by atoms with Crippen molar-refractivity contribution in [3.63, 3.8) is 0 Å². The Kier molecular flexibility index (Phi) is 9.46. The number of carbonyl (C=O) groups is 2. The van der Waals surface area contributed by atoms with Gasteiger partial charge in [-0.15, -0.1) is 10.2 Å². The average Bonchev–Trinajstić information content (AvgIpc) is 3.74. The fraction of sp³-hybridized carbons (Fsp3) is 0.265. The molecule has 1 unspecified atom stereocenters. The molecule has 1 atom stereocenters. The van der Waals surface area contributed by atoms with E-state index in [1.807, 2.05) is 6.07 Å². The van der Waals surface area contributed by atoms with E-state index in [0.717, 1.165) is 37.0 Å². The monoisotopic (exact) mass is 657 g/mol. The Hall–Kier alpha value is -4.55. The van der Waals surface area contributed by atoms with Crippen LogP contribution in [0.5, 0.6) is 5.75 Å². The summed E-state index contributed by atoms with van der Waals surface area (Å²) in [7, 11) is 0. The number of aromatic nitrogens is 4. The number of ketones is 1. The van der Waals surface area contributed by atoms with Crippen LogP contribution in [0, 0.1) is 12.7 Å². The van der Waals surface area contributed by atoms with E-state index in [-0.39, 0.29) is 22.3 Å². The van der Waals surface area contributed by atoms with Crippen molar-refractivity contribution >= 4 is 51.3 Å². The minimum Gasteiger partial charge on any atom is -0.505 e. The van der Waals surface area contributed by atoms with Gasteiger partial charge in [0.05, 0.1) is 23.9 Å². The lowest BCUT2D eigenvalue weighted by Gasteiger charge is -2.22. The Morgan fingerprint density at radius 1 is 1.02 bits per heavy atom. The quantitative estimate of drug-likeness (QED) is 0.0367. The standard InChI is InChI=1S/C34H32FN5O4S2/c1-3-4-5-10-19-44-24-16-14-22(15-17-24)29-27(30(41)28-21(2)36-26-13-8-9-18-39(26)28)31(42)32(43)40(29)33-37-38-34(46-33)45-20-23-11-6-7-12-25(23)35/h6-9,11-18,29,41H,3-5,10,19-20H2,1-2H3. The normalized spacial score (nSPS) is 16.1. The number of benzene rings is 2. The largest absolute Gasteiger partial charge is 0.505 e. The first-order chi connectivity index (χ1) is 22.4. The number of aliphatic hydroxyl groups excluding tert-OH is 1. The molecule has 0 radical (unpaired) electrons. The highest BCUT2D eigenvalue weighted by molar-refractivity contribution is 8.00. The van der Waals surface area contributed by atoms with Gasteiger partial charge < -0.3 is 9.84 Å². The summed E-state index contributed by atoms with van der Waals surface area (Å²) >= 11 is 2.40. The van der Waals surface area contributed by atoms with Crippen LogP contribution in [0.4, 0.5) is 9.52 Å². The average molecular weight is 658 g/mol. The number of amides is 1. The number of imidazole rings is 1. The van der Waals surface area contributed by atoms with E-state index in [4.69, 9.17) is 4.74 Å². The number of aliphatic hydroxyl groups is 1. The summed E-state index contributed by atoms with van der Waals surface area (Å²) in [5.74, 6) is -1.36. The van der Waals surface area contributed by atoms with Crippen molar-refractivity contribution in [3.05, 3.63) is 107 Å². The number of halogens is 1. The van der Waals surface area contributed by atoms with Gasteiger partial charge in [0.25, 0.3) is 5.78 Å². The molecule has 0 saturated carbocycles. The molecule has 1 saturated heterocycles.